The Balaban J connectivity index is 2.39. The fraction of sp³-hybridized carbons (Fsp3) is 0.688. The molecule has 0 amide bonds. The predicted molar refractivity (Wildman–Crippen MR) is 83.6 cm³/mol. The molecule has 1 aliphatic heterocycles. The van der Waals surface area contributed by atoms with Crippen LogP contribution in [0.4, 0.5) is 11.5 Å². The smallest absolute Gasteiger partial charge is 0.133 e. The van der Waals surface area contributed by atoms with Crippen LogP contribution in [0.2, 0.25) is 0 Å². The molecule has 0 saturated carbocycles. The van der Waals surface area contributed by atoms with Crippen molar-refractivity contribution in [1.29, 1.82) is 5.26 Å². The van der Waals surface area contributed by atoms with Crippen LogP contribution in [0.15, 0.2) is 6.07 Å². The summed E-state index contributed by atoms with van der Waals surface area (Å²) < 4.78 is 2.10. The van der Waals surface area contributed by atoms with Gasteiger partial charge in [-0.3, -0.25) is 0 Å². The van der Waals surface area contributed by atoms with Gasteiger partial charge in [-0.1, -0.05) is 27.7 Å². The average Bonchev–Trinajstić information content (AvgIpc) is 2.63. The fourth-order valence-electron chi connectivity index (χ4n) is 3.39. The Kier molecular flexibility index (Phi) is 4.27. The maximum atomic E-state index is 9.33. The normalized spacial score (nSPS) is 23.1. The van der Waals surface area contributed by atoms with E-state index in [1.54, 1.807) is 0 Å². The number of rotatable bonds is 3. The van der Waals surface area contributed by atoms with E-state index in [2.05, 4.69) is 43.2 Å². The molecule has 1 saturated heterocycles. The lowest BCUT2D eigenvalue weighted by atomic mass is 9.92. The highest BCUT2D eigenvalue weighted by atomic mass is 15.3. The number of aromatic nitrogens is 1. The Morgan fingerprint density at radius 1 is 1.35 bits per heavy atom. The molecule has 1 aromatic rings. The van der Waals surface area contributed by atoms with Crippen LogP contribution in [0.5, 0.6) is 0 Å². The van der Waals surface area contributed by atoms with Gasteiger partial charge in [-0.05, 0) is 30.2 Å². The molecule has 1 aliphatic rings. The maximum Gasteiger partial charge on any atom is 0.133 e. The molecule has 0 spiro atoms. The Labute approximate surface area is 122 Å². The van der Waals surface area contributed by atoms with E-state index in [1.165, 1.54) is 6.42 Å². The van der Waals surface area contributed by atoms with Crippen LogP contribution in [0.3, 0.4) is 0 Å². The molecule has 0 aliphatic carbocycles. The third-order valence-corrected chi connectivity index (χ3v) is 3.93. The average molecular weight is 274 g/mol. The summed E-state index contributed by atoms with van der Waals surface area (Å²) >= 11 is 0. The number of nitrogens with two attached hydrogens (primary N) is 1. The van der Waals surface area contributed by atoms with Crippen LogP contribution in [-0.4, -0.2) is 17.7 Å². The van der Waals surface area contributed by atoms with Crippen molar-refractivity contribution in [2.24, 2.45) is 17.8 Å². The van der Waals surface area contributed by atoms with Gasteiger partial charge >= 0.3 is 0 Å². The Morgan fingerprint density at radius 3 is 2.45 bits per heavy atom. The molecular formula is C16H26N4. The quantitative estimate of drug-likeness (QED) is 0.921. The standard InChI is InChI=1S/C16H26N4/c1-11(2)8-20-14(7-17)6-15(18)16(20)19-9-12(3)5-13(4)10-19/h6,11-13H,5,8-10,18H2,1-4H3. The molecule has 0 aromatic carbocycles. The van der Waals surface area contributed by atoms with Crippen LogP contribution in [-0.2, 0) is 6.54 Å². The highest BCUT2D eigenvalue weighted by Crippen LogP contribution is 2.33. The van der Waals surface area contributed by atoms with Gasteiger partial charge in [-0.15, -0.1) is 0 Å². The summed E-state index contributed by atoms with van der Waals surface area (Å²) in [5, 5.41) is 9.33. The number of piperidine rings is 1. The molecule has 20 heavy (non-hydrogen) atoms. The lowest BCUT2D eigenvalue weighted by Gasteiger charge is -2.37. The first kappa shape index (κ1) is 14.8. The molecule has 4 nitrogen and oxygen atoms in total. The van der Waals surface area contributed by atoms with Crippen LogP contribution in [0.25, 0.3) is 0 Å². The molecule has 4 heteroatoms. The van der Waals surface area contributed by atoms with Gasteiger partial charge in [-0.2, -0.15) is 5.26 Å². The van der Waals surface area contributed by atoms with Crippen molar-refractivity contribution in [3.63, 3.8) is 0 Å². The van der Waals surface area contributed by atoms with Gasteiger partial charge < -0.3 is 15.2 Å². The molecule has 0 radical (unpaired) electrons. The van der Waals surface area contributed by atoms with Crippen molar-refractivity contribution in [3.05, 3.63) is 11.8 Å². The van der Waals surface area contributed by atoms with Crippen molar-refractivity contribution in [1.82, 2.24) is 4.57 Å². The Bertz CT molecular complexity index is 499. The zero-order chi connectivity index (χ0) is 14.9. The Morgan fingerprint density at radius 2 is 1.95 bits per heavy atom. The van der Waals surface area contributed by atoms with Crippen molar-refractivity contribution >= 4 is 11.5 Å². The van der Waals surface area contributed by atoms with E-state index in [4.69, 9.17) is 5.73 Å². The molecular weight excluding hydrogens is 248 g/mol. The van der Waals surface area contributed by atoms with Gasteiger partial charge in [-0.25, -0.2) is 0 Å². The molecule has 1 aromatic heterocycles. The SMILES string of the molecule is CC(C)Cn1c(C#N)cc(N)c1N1CC(C)CC(C)C1. The molecule has 2 atom stereocenters. The van der Waals surface area contributed by atoms with Crippen molar-refractivity contribution in [3.8, 4) is 6.07 Å². The van der Waals surface area contributed by atoms with Gasteiger partial charge in [0.25, 0.3) is 0 Å². The number of nitriles is 1. The molecule has 0 bridgehead atoms. The zero-order valence-corrected chi connectivity index (χ0v) is 13.1. The molecule has 2 N–H and O–H groups in total. The third-order valence-electron chi connectivity index (χ3n) is 3.93. The van der Waals surface area contributed by atoms with Crippen LogP contribution < -0.4 is 10.6 Å². The number of hydrogen-bond acceptors (Lipinski definition) is 3. The van der Waals surface area contributed by atoms with E-state index < -0.39 is 0 Å². The molecule has 2 rings (SSSR count). The summed E-state index contributed by atoms with van der Waals surface area (Å²) in [5.74, 6) is 2.89. The molecule has 110 valence electrons. The first-order valence-corrected chi connectivity index (χ1v) is 7.56. The predicted octanol–water partition coefficient (Wildman–Crippen LogP) is 3.08. The van der Waals surface area contributed by atoms with Gasteiger partial charge in [0.2, 0.25) is 0 Å². The summed E-state index contributed by atoms with van der Waals surface area (Å²) in [6, 6.07) is 4.10. The van der Waals surface area contributed by atoms with E-state index in [1.807, 2.05) is 6.07 Å². The topological polar surface area (TPSA) is 58.0 Å². The van der Waals surface area contributed by atoms with E-state index in [0.717, 1.165) is 31.1 Å². The first-order valence-electron chi connectivity index (χ1n) is 7.56. The third kappa shape index (κ3) is 2.92. The van der Waals surface area contributed by atoms with E-state index >= 15 is 0 Å². The van der Waals surface area contributed by atoms with Gasteiger partial charge in [0.05, 0.1) is 5.69 Å². The van der Waals surface area contributed by atoms with Crippen molar-refractivity contribution < 1.29 is 0 Å². The molecule has 2 heterocycles. The van der Waals surface area contributed by atoms with Crippen LogP contribution in [0, 0.1) is 29.1 Å². The summed E-state index contributed by atoms with van der Waals surface area (Å²) in [4.78, 5) is 2.37. The minimum atomic E-state index is 0.493. The zero-order valence-electron chi connectivity index (χ0n) is 13.1. The molecule has 1 fully saturated rings. The second-order valence-electron chi connectivity index (χ2n) is 6.78. The first-order chi connectivity index (χ1) is 9.42. The number of nitrogen functional groups attached to an aromatic ring is 1. The van der Waals surface area contributed by atoms with E-state index in [9.17, 15) is 5.26 Å². The van der Waals surface area contributed by atoms with Gasteiger partial charge in [0.1, 0.15) is 17.6 Å². The fourth-order valence-corrected chi connectivity index (χ4v) is 3.39. The maximum absolute atomic E-state index is 9.33. The Hall–Kier alpha value is -1.63. The van der Waals surface area contributed by atoms with Gasteiger partial charge in [0, 0.05) is 19.6 Å². The van der Waals surface area contributed by atoms with Gasteiger partial charge in [0.15, 0.2) is 0 Å². The van der Waals surface area contributed by atoms with Crippen LogP contribution in [0.1, 0.15) is 39.8 Å². The number of anilines is 2. The largest absolute Gasteiger partial charge is 0.396 e. The second kappa shape index (κ2) is 5.78. The monoisotopic (exact) mass is 274 g/mol. The van der Waals surface area contributed by atoms with Crippen molar-refractivity contribution in [2.75, 3.05) is 23.7 Å². The van der Waals surface area contributed by atoms with Crippen LogP contribution >= 0.6 is 0 Å². The highest BCUT2D eigenvalue weighted by molar-refractivity contribution is 5.68. The summed E-state index contributed by atoms with van der Waals surface area (Å²) in [5.41, 5.74) is 7.62. The minimum absolute atomic E-state index is 0.493. The highest BCUT2D eigenvalue weighted by Gasteiger charge is 2.27. The van der Waals surface area contributed by atoms with E-state index in [0.29, 0.717) is 23.4 Å². The second-order valence-corrected chi connectivity index (χ2v) is 6.78. The molecule has 2 unspecified atom stereocenters. The summed E-state index contributed by atoms with van der Waals surface area (Å²) in [6.07, 6.45) is 1.27. The number of nitrogens with zero attached hydrogens (tertiary/aromatic N) is 3. The van der Waals surface area contributed by atoms with Crippen molar-refractivity contribution in [2.45, 2.75) is 40.7 Å². The summed E-state index contributed by atoms with van der Waals surface area (Å²) in [7, 11) is 0. The minimum Gasteiger partial charge on any atom is -0.396 e. The van der Waals surface area contributed by atoms with E-state index in [-0.39, 0.29) is 0 Å². The lowest BCUT2D eigenvalue weighted by Crippen LogP contribution is -2.40. The number of hydrogen-bond donors (Lipinski definition) is 1. The lowest BCUT2D eigenvalue weighted by molar-refractivity contribution is 0.351. The summed E-state index contributed by atoms with van der Waals surface area (Å²) in [6.45, 7) is 11.8.